The van der Waals surface area contributed by atoms with Gasteiger partial charge in [0.25, 0.3) is 5.91 Å². The quantitative estimate of drug-likeness (QED) is 0.818. The molecule has 0 saturated carbocycles. The fraction of sp³-hybridized carbons (Fsp3) is 0.667. The molecule has 8 heteroatoms. The summed E-state index contributed by atoms with van der Waals surface area (Å²) in [5, 5.41) is 3.99. The van der Waals surface area contributed by atoms with Gasteiger partial charge in [-0.2, -0.15) is 0 Å². The Morgan fingerprint density at radius 3 is 2.65 bits per heavy atom. The molecule has 1 aliphatic heterocycles. The van der Waals surface area contributed by atoms with Crippen molar-refractivity contribution in [2.24, 2.45) is 5.73 Å². The molecule has 0 bridgehead atoms. The first-order chi connectivity index (χ1) is 9.54. The normalized spacial score (nSPS) is 18.0. The Morgan fingerprint density at radius 2 is 2.10 bits per heavy atom. The highest BCUT2D eigenvalue weighted by molar-refractivity contribution is 7.80. The van der Waals surface area contributed by atoms with E-state index in [4.69, 9.17) is 18.0 Å². The van der Waals surface area contributed by atoms with Crippen molar-refractivity contribution in [1.29, 1.82) is 0 Å². The molecule has 0 spiro atoms. The minimum atomic E-state index is 0.0412. The summed E-state index contributed by atoms with van der Waals surface area (Å²) in [6, 6.07) is 0.0820. The summed E-state index contributed by atoms with van der Waals surface area (Å²) in [7, 11) is 0. The lowest BCUT2D eigenvalue weighted by molar-refractivity contribution is 0.0625. The smallest absolute Gasteiger partial charge is 0.267 e. The first kappa shape index (κ1) is 15.3. The fourth-order valence-electron chi connectivity index (χ4n) is 2.24. The second-order valence-electron chi connectivity index (χ2n) is 4.81. The Morgan fingerprint density at radius 1 is 1.45 bits per heavy atom. The molecule has 6 nitrogen and oxygen atoms in total. The van der Waals surface area contributed by atoms with Crippen molar-refractivity contribution >= 4 is 34.6 Å². The number of hydrogen-bond donors (Lipinski definition) is 1. The van der Waals surface area contributed by atoms with Gasteiger partial charge in [-0.15, -0.1) is 5.10 Å². The van der Waals surface area contributed by atoms with E-state index in [0.717, 1.165) is 25.2 Å². The average Bonchev–Trinajstić information content (AvgIpc) is 2.94. The summed E-state index contributed by atoms with van der Waals surface area (Å²) >= 11 is 6.20. The van der Waals surface area contributed by atoms with Crippen LogP contribution < -0.4 is 5.73 Å². The van der Waals surface area contributed by atoms with Gasteiger partial charge in [0.2, 0.25) is 0 Å². The van der Waals surface area contributed by atoms with Crippen LogP contribution >= 0.6 is 23.8 Å². The van der Waals surface area contributed by atoms with Gasteiger partial charge in [-0.1, -0.05) is 23.6 Å². The molecule has 0 aliphatic carbocycles. The molecule has 1 fully saturated rings. The number of nitrogens with zero attached hydrogens (tertiary/aromatic N) is 4. The van der Waals surface area contributed by atoms with E-state index < -0.39 is 0 Å². The zero-order valence-electron chi connectivity index (χ0n) is 11.7. The van der Waals surface area contributed by atoms with Gasteiger partial charge in [-0.25, -0.2) is 0 Å². The van der Waals surface area contributed by atoms with Gasteiger partial charge >= 0.3 is 0 Å². The summed E-state index contributed by atoms with van der Waals surface area (Å²) in [6.45, 7) is 6.94. The zero-order valence-corrected chi connectivity index (χ0v) is 13.3. The summed E-state index contributed by atoms with van der Waals surface area (Å²) in [5.74, 6) is 0.0412. The highest BCUT2D eigenvalue weighted by Crippen LogP contribution is 2.16. The molecule has 0 radical (unpaired) electrons. The zero-order chi connectivity index (χ0) is 14.7. The van der Waals surface area contributed by atoms with Crippen molar-refractivity contribution in [3.8, 4) is 0 Å². The Kier molecular flexibility index (Phi) is 5.00. The van der Waals surface area contributed by atoms with Crippen molar-refractivity contribution in [2.75, 3.05) is 26.2 Å². The van der Waals surface area contributed by atoms with E-state index >= 15 is 0 Å². The van der Waals surface area contributed by atoms with E-state index in [1.165, 1.54) is 11.5 Å². The summed E-state index contributed by atoms with van der Waals surface area (Å²) in [5.41, 5.74) is 6.46. The first-order valence-electron chi connectivity index (χ1n) is 6.68. The standard InChI is InChI=1S/C12H19N5OS2/c1-3-9-10(20-15-14-9)12(18)17-6-4-16(5-7-17)8(2)11(13)19/h8H,3-7H2,1-2H3,(H2,13,19). The number of amides is 1. The molecular formula is C12H19N5OS2. The monoisotopic (exact) mass is 313 g/mol. The highest BCUT2D eigenvalue weighted by Gasteiger charge is 2.27. The molecule has 1 unspecified atom stereocenters. The van der Waals surface area contributed by atoms with Gasteiger partial charge in [0.05, 0.1) is 16.7 Å². The molecule has 1 saturated heterocycles. The molecule has 1 atom stereocenters. The van der Waals surface area contributed by atoms with Crippen molar-refractivity contribution in [1.82, 2.24) is 19.4 Å². The van der Waals surface area contributed by atoms with E-state index in [1.807, 2.05) is 18.7 Å². The number of hydrogen-bond acceptors (Lipinski definition) is 6. The first-order valence-corrected chi connectivity index (χ1v) is 7.86. The number of aryl methyl sites for hydroxylation is 1. The average molecular weight is 313 g/mol. The topological polar surface area (TPSA) is 75.4 Å². The molecule has 0 aromatic carbocycles. The molecule has 1 aromatic rings. The maximum Gasteiger partial charge on any atom is 0.267 e. The Balaban J connectivity index is 1.97. The van der Waals surface area contributed by atoms with Crippen LogP contribution in [0.5, 0.6) is 0 Å². The van der Waals surface area contributed by atoms with E-state index in [1.54, 1.807) is 0 Å². The van der Waals surface area contributed by atoms with Gasteiger partial charge in [0.1, 0.15) is 4.88 Å². The van der Waals surface area contributed by atoms with Gasteiger partial charge in [0.15, 0.2) is 0 Å². The van der Waals surface area contributed by atoms with Gasteiger partial charge in [-0.05, 0) is 24.9 Å². The number of aromatic nitrogens is 2. The van der Waals surface area contributed by atoms with Crippen molar-refractivity contribution in [2.45, 2.75) is 26.3 Å². The molecule has 2 N–H and O–H groups in total. The summed E-state index contributed by atoms with van der Waals surface area (Å²) in [4.78, 5) is 17.7. The SMILES string of the molecule is CCc1nnsc1C(=O)N1CCN(C(C)C(N)=S)CC1. The highest BCUT2D eigenvalue weighted by atomic mass is 32.1. The van der Waals surface area contributed by atoms with Crippen LogP contribution in [0.25, 0.3) is 0 Å². The van der Waals surface area contributed by atoms with Crippen molar-refractivity contribution < 1.29 is 4.79 Å². The van der Waals surface area contributed by atoms with Crippen LogP contribution in [-0.2, 0) is 6.42 Å². The summed E-state index contributed by atoms with van der Waals surface area (Å²) < 4.78 is 3.88. The molecule has 2 rings (SSSR count). The lowest BCUT2D eigenvalue weighted by atomic mass is 10.2. The third-order valence-corrected chi connectivity index (χ3v) is 4.74. The van der Waals surface area contributed by atoms with E-state index in [-0.39, 0.29) is 11.9 Å². The third-order valence-electron chi connectivity index (χ3n) is 3.65. The second kappa shape index (κ2) is 6.55. The maximum atomic E-state index is 12.4. The van der Waals surface area contributed by atoms with Crippen LogP contribution in [0.1, 0.15) is 29.2 Å². The van der Waals surface area contributed by atoms with Gasteiger partial charge in [-0.3, -0.25) is 9.69 Å². The largest absolute Gasteiger partial charge is 0.392 e. The van der Waals surface area contributed by atoms with E-state index in [9.17, 15) is 4.79 Å². The third kappa shape index (κ3) is 3.13. The van der Waals surface area contributed by atoms with Crippen LogP contribution in [0.15, 0.2) is 0 Å². The number of carbonyl (C=O) groups excluding carboxylic acids is 1. The van der Waals surface area contributed by atoms with Crippen molar-refractivity contribution in [3.05, 3.63) is 10.6 Å². The van der Waals surface area contributed by atoms with Crippen LogP contribution in [-0.4, -0.2) is 62.5 Å². The fourth-order valence-corrected chi connectivity index (χ4v) is 3.11. The van der Waals surface area contributed by atoms with Crippen LogP contribution in [0.3, 0.4) is 0 Å². The minimum Gasteiger partial charge on any atom is -0.392 e. The molecule has 1 amide bonds. The minimum absolute atomic E-state index is 0.0412. The lowest BCUT2D eigenvalue weighted by Crippen LogP contribution is -2.53. The van der Waals surface area contributed by atoms with Gasteiger partial charge < -0.3 is 10.6 Å². The van der Waals surface area contributed by atoms with E-state index in [2.05, 4.69) is 14.5 Å². The number of thiocarbonyl (C=S) groups is 1. The van der Waals surface area contributed by atoms with Crippen LogP contribution in [0.2, 0.25) is 0 Å². The van der Waals surface area contributed by atoms with Crippen LogP contribution in [0.4, 0.5) is 0 Å². The van der Waals surface area contributed by atoms with Gasteiger partial charge in [0, 0.05) is 26.2 Å². The molecular weight excluding hydrogens is 294 g/mol. The second-order valence-corrected chi connectivity index (χ2v) is 6.03. The molecule has 20 heavy (non-hydrogen) atoms. The predicted octanol–water partition coefficient (Wildman–Crippen LogP) is 0.533. The number of nitrogens with two attached hydrogens (primary N) is 1. The van der Waals surface area contributed by atoms with Crippen LogP contribution in [0, 0.1) is 0 Å². The Labute approximate surface area is 128 Å². The number of rotatable bonds is 4. The number of piperazine rings is 1. The number of carbonyl (C=O) groups is 1. The molecule has 2 heterocycles. The molecule has 1 aromatic heterocycles. The summed E-state index contributed by atoms with van der Waals surface area (Å²) in [6.07, 6.45) is 0.732. The lowest BCUT2D eigenvalue weighted by Gasteiger charge is -2.37. The van der Waals surface area contributed by atoms with E-state index in [0.29, 0.717) is 23.0 Å². The maximum absolute atomic E-state index is 12.4. The van der Waals surface area contributed by atoms with Crippen molar-refractivity contribution in [3.63, 3.8) is 0 Å². The Bertz CT molecular complexity index is 496. The molecule has 1 aliphatic rings. The predicted molar refractivity (Wildman–Crippen MR) is 83.0 cm³/mol. The molecule has 110 valence electrons. The Hall–Kier alpha value is -1.12.